The largest absolute Gasteiger partial charge is 0.357 e. The highest BCUT2D eigenvalue weighted by Gasteiger charge is 2.23. The van der Waals surface area contributed by atoms with Gasteiger partial charge >= 0.3 is 5.69 Å². The lowest BCUT2D eigenvalue weighted by Gasteiger charge is -2.08. The Morgan fingerprint density at radius 1 is 1.25 bits per heavy atom. The van der Waals surface area contributed by atoms with E-state index in [9.17, 15) is 10.1 Å². The first-order valence-electron chi connectivity index (χ1n) is 5.60. The van der Waals surface area contributed by atoms with E-state index in [2.05, 4.69) is 15.3 Å². The molecule has 0 amide bonds. The van der Waals surface area contributed by atoms with Crippen LogP contribution < -0.4 is 5.32 Å². The van der Waals surface area contributed by atoms with Crippen LogP contribution in [-0.2, 0) is 0 Å². The summed E-state index contributed by atoms with van der Waals surface area (Å²) in [7, 11) is 1.64. The molecule has 1 aromatic heterocycles. The fourth-order valence-electron chi connectivity index (χ4n) is 1.74. The maximum absolute atomic E-state index is 11.2. The van der Waals surface area contributed by atoms with E-state index in [1.807, 2.05) is 0 Å². The molecule has 0 saturated carbocycles. The van der Waals surface area contributed by atoms with E-state index >= 15 is 0 Å². The Balaban J connectivity index is 2.73. The lowest BCUT2D eigenvalue weighted by atomic mass is 10.1. The first-order chi connectivity index (χ1) is 9.43. The third kappa shape index (κ3) is 2.66. The molecule has 0 spiro atoms. The molecular weight excluding hydrogens is 303 g/mol. The Bertz CT molecular complexity index is 691. The summed E-state index contributed by atoms with van der Waals surface area (Å²) in [5.41, 5.74) is 0.830. The number of rotatable bonds is 3. The summed E-state index contributed by atoms with van der Waals surface area (Å²) in [4.78, 5) is 18.9. The van der Waals surface area contributed by atoms with Crippen molar-refractivity contribution in [3.05, 3.63) is 44.1 Å². The molecule has 2 aromatic rings. The molecule has 0 aliphatic carbocycles. The molecule has 0 aliphatic heterocycles. The van der Waals surface area contributed by atoms with Gasteiger partial charge in [0.25, 0.3) is 0 Å². The standard InChI is InChI=1S/C12H10Cl2N4O2/c1-6-11(18(19)20)10(17-12(15-2)16-6)7-3-4-8(13)9(14)5-7/h3-5H,1-2H3,(H,15,16,17). The number of aryl methyl sites for hydroxylation is 1. The van der Waals surface area contributed by atoms with Crippen LogP contribution in [0.3, 0.4) is 0 Å². The van der Waals surface area contributed by atoms with E-state index in [1.165, 1.54) is 6.07 Å². The molecule has 104 valence electrons. The third-order valence-corrected chi connectivity index (χ3v) is 3.40. The Morgan fingerprint density at radius 2 is 1.95 bits per heavy atom. The van der Waals surface area contributed by atoms with Gasteiger partial charge in [-0.05, 0) is 19.1 Å². The van der Waals surface area contributed by atoms with Crippen LogP contribution in [0.5, 0.6) is 0 Å². The summed E-state index contributed by atoms with van der Waals surface area (Å²) in [6, 6.07) is 4.74. The zero-order chi connectivity index (χ0) is 14.9. The second-order valence-electron chi connectivity index (χ2n) is 3.97. The minimum absolute atomic E-state index is 0.151. The monoisotopic (exact) mass is 312 g/mol. The molecule has 1 aromatic carbocycles. The Hall–Kier alpha value is -1.92. The van der Waals surface area contributed by atoms with Gasteiger partial charge in [0.2, 0.25) is 5.95 Å². The molecular formula is C12H10Cl2N4O2. The van der Waals surface area contributed by atoms with Crippen LogP contribution in [0.25, 0.3) is 11.3 Å². The molecule has 0 unspecified atom stereocenters. The molecule has 20 heavy (non-hydrogen) atoms. The zero-order valence-electron chi connectivity index (χ0n) is 10.6. The summed E-state index contributed by atoms with van der Waals surface area (Å²) < 4.78 is 0. The summed E-state index contributed by atoms with van der Waals surface area (Å²) in [5.74, 6) is 0.300. The highest BCUT2D eigenvalue weighted by atomic mass is 35.5. The zero-order valence-corrected chi connectivity index (χ0v) is 12.2. The molecule has 6 nitrogen and oxygen atoms in total. The van der Waals surface area contributed by atoms with Crippen molar-refractivity contribution in [1.29, 1.82) is 0 Å². The first-order valence-corrected chi connectivity index (χ1v) is 6.36. The number of hydrogen-bond acceptors (Lipinski definition) is 5. The van der Waals surface area contributed by atoms with Gasteiger partial charge in [0.05, 0.1) is 15.0 Å². The Morgan fingerprint density at radius 3 is 2.50 bits per heavy atom. The van der Waals surface area contributed by atoms with Crippen LogP contribution in [0.15, 0.2) is 18.2 Å². The van der Waals surface area contributed by atoms with Gasteiger partial charge in [0.1, 0.15) is 5.69 Å². The van der Waals surface area contributed by atoms with Crippen molar-refractivity contribution in [2.45, 2.75) is 6.92 Å². The van der Waals surface area contributed by atoms with Crippen molar-refractivity contribution in [2.24, 2.45) is 0 Å². The topological polar surface area (TPSA) is 81.0 Å². The molecule has 8 heteroatoms. The third-order valence-electron chi connectivity index (χ3n) is 2.66. The Kier molecular flexibility index (Phi) is 4.06. The molecule has 1 N–H and O–H groups in total. The van der Waals surface area contributed by atoms with E-state index in [1.54, 1.807) is 26.1 Å². The number of hydrogen-bond donors (Lipinski definition) is 1. The predicted molar refractivity (Wildman–Crippen MR) is 78.4 cm³/mol. The molecule has 0 radical (unpaired) electrons. The van der Waals surface area contributed by atoms with Crippen molar-refractivity contribution in [3.63, 3.8) is 0 Å². The molecule has 0 fully saturated rings. The number of aromatic nitrogens is 2. The average Bonchev–Trinajstić information content (AvgIpc) is 2.40. The molecule has 1 heterocycles. The van der Waals surface area contributed by atoms with Gasteiger partial charge in [-0.3, -0.25) is 10.1 Å². The number of benzene rings is 1. The van der Waals surface area contributed by atoms with Gasteiger partial charge in [-0.25, -0.2) is 9.97 Å². The number of anilines is 1. The number of halogens is 2. The Labute approximate surface area is 124 Å². The van der Waals surface area contributed by atoms with Crippen molar-refractivity contribution in [1.82, 2.24) is 9.97 Å². The van der Waals surface area contributed by atoms with E-state index in [0.29, 0.717) is 21.6 Å². The van der Waals surface area contributed by atoms with E-state index in [0.717, 1.165) is 0 Å². The summed E-state index contributed by atoms with van der Waals surface area (Å²) in [6.45, 7) is 1.56. The van der Waals surface area contributed by atoms with Crippen LogP contribution in [-0.4, -0.2) is 21.9 Å². The van der Waals surface area contributed by atoms with Gasteiger partial charge in [-0.15, -0.1) is 0 Å². The van der Waals surface area contributed by atoms with E-state index in [4.69, 9.17) is 23.2 Å². The summed E-state index contributed by atoms with van der Waals surface area (Å²) in [6.07, 6.45) is 0. The lowest BCUT2D eigenvalue weighted by Crippen LogP contribution is -2.05. The second-order valence-corrected chi connectivity index (χ2v) is 4.78. The average molecular weight is 313 g/mol. The van der Waals surface area contributed by atoms with Crippen molar-refractivity contribution in [3.8, 4) is 11.3 Å². The lowest BCUT2D eigenvalue weighted by molar-refractivity contribution is -0.385. The van der Waals surface area contributed by atoms with Crippen LogP contribution in [0, 0.1) is 17.0 Å². The molecule has 2 rings (SSSR count). The second kappa shape index (κ2) is 5.60. The smallest absolute Gasteiger partial charge is 0.316 e. The molecule has 0 saturated heterocycles. The van der Waals surface area contributed by atoms with Crippen LogP contribution >= 0.6 is 23.2 Å². The van der Waals surface area contributed by atoms with E-state index in [-0.39, 0.29) is 17.1 Å². The SMILES string of the molecule is CNc1nc(C)c([N+](=O)[O-])c(-c2ccc(Cl)c(Cl)c2)n1. The predicted octanol–water partition coefficient (Wildman–Crippen LogP) is 3.71. The maximum Gasteiger partial charge on any atom is 0.316 e. The molecule has 0 atom stereocenters. The van der Waals surface area contributed by atoms with Crippen LogP contribution in [0.1, 0.15) is 5.69 Å². The van der Waals surface area contributed by atoms with Crippen molar-refractivity contribution >= 4 is 34.8 Å². The molecule has 0 aliphatic rings. The van der Waals surface area contributed by atoms with Crippen LogP contribution in [0.4, 0.5) is 11.6 Å². The van der Waals surface area contributed by atoms with E-state index < -0.39 is 4.92 Å². The minimum atomic E-state index is -0.507. The maximum atomic E-state index is 11.2. The normalized spacial score (nSPS) is 10.4. The van der Waals surface area contributed by atoms with Gasteiger partial charge < -0.3 is 5.32 Å². The van der Waals surface area contributed by atoms with Gasteiger partial charge in [0.15, 0.2) is 5.69 Å². The van der Waals surface area contributed by atoms with Crippen molar-refractivity contribution < 1.29 is 4.92 Å². The van der Waals surface area contributed by atoms with Gasteiger partial charge in [0, 0.05) is 12.6 Å². The first kappa shape index (κ1) is 14.5. The molecule has 0 bridgehead atoms. The number of nitrogens with zero attached hydrogens (tertiary/aromatic N) is 3. The van der Waals surface area contributed by atoms with Gasteiger partial charge in [-0.1, -0.05) is 29.3 Å². The van der Waals surface area contributed by atoms with Crippen LogP contribution in [0.2, 0.25) is 10.0 Å². The highest BCUT2D eigenvalue weighted by Crippen LogP contribution is 2.34. The van der Waals surface area contributed by atoms with Crippen molar-refractivity contribution in [2.75, 3.05) is 12.4 Å². The fraction of sp³-hybridized carbons (Fsp3) is 0.167. The highest BCUT2D eigenvalue weighted by molar-refractivity contribution is 6.42. The minimum Gasteiger partial charge on any atom is -0.357 e. The number of nitrogens with one attached hydrogen (secondary N) is 1. The summed E-state index contributed by atoms with van der Waals surface area (Å²) in [5, 5.41) is 14.7. The number of nitro groups is 1. The van der Waals surface area contributed by atoms with Gasteiger partial charge in [-0.2, -0.15) is 0 Å². The quantitative estimate of drug-likeness (QED) is 0.690. The fourth-order valence-corrected chi connectivity index (χ4v) is 2.04. The summed E-state index contributed by atoms with van der Waals surface area (Å²) >= 11 is 11.8.